The first-order chi connectivity index (χ1) is 15.5. The number of allylic oxidation sites excluding steroid dienone is 2. The predicted octanol–water partition coefficient (Wildman–Crippen LogP) is 5.61. The molecule has 0 aliphatic heterocycles. The van der Waals surface area contributed by atoms with Gasteiger partial charge in [0.25, 0.3) is 0 Å². The summed E-state index contributed by atoms with van der Waals surface area (Å²) in [6, 6.07) is 5.87. The highest BCUT2D eigenvalue weighted by molar-refractivity contribution is 5.94. The number of benzene rings is 1. The number of hydrogen-bond acceptors (Lipinski definition) is 5. The van der Waals surface area contributed by atoms with Crippen LogP contribution < -0.4 is 9.47 Å². The Morgan fingerprint density at radius 1 is 1.19 bits per heavy atom. The molecule has 1 heterocycles. The molecule has 174 valence electrons. The van der Waals surface area contributed by atoms with E-state index in [1.165, 1.54) is 43.0 Å². The van der Waals surface area contributed by atoms with Crippen LogP contribution in [0.3, 0.4) is 0 Å². The summed E-state index contributed by atoms with van der Waals surface area (Å²) in [5.41, 5.74) is 2.22. The number of carbonyl (C=O) groups is 1. The van der Waals surface area contributed by atoms with Crippen molar-refractivity contribution in [3.63, 3.8) is 0 Å². The van der Waals surface area contributed by atoms with Crippen molar-refractivity contribution < 1.29 is 19.4 Å². The smallest absolute Gasteiger partial charge is 0.341 e. The lowest BCUT2D eigenvalue weighted by Crippen LogP contribution is -2.06. The van der Waals surface area contributed by atoms with E-state index in [0.717, 1.165) is 11.1 Å². The van der Waals surface area contributed by atoms with Crippen LogP contribution in [0.4, 0.5) is 5.82 Å². The van der Waals surface area contributed by atoms with E-state index in [1.807, 2.05) is 32.0 Å². The van der Waals surface area contributed by atoms with E-state index < -0.39 is 5.97 Å². The maximum absolute atomic E-state index is 11.5. The largest absolute Gasteiger partial charge is 0.493 e. The van der Waals surface area contributed by atoms with Crippen LogP contribution in [0.5, 0.6) is 11.5 Å². The average Bonchev–Trinajstić information content (AvgIpc) is 3.20. The third kappa shape index (κ3) is 6.70. The van der Waals surface area contributed by atoms with E-state index in [0.29, 0.717) is 29.7 Å². The Kier molecular flexibility index (Phi) is 9.98. The minimum Gasteiger partial charge on any atom is -0.493 e. The number of aryl methyl sites for hydroxylation is 1. The lowest BCUT2D eigenvalue weighted by atomic mass is 9.87. The van der Waals surface area contributed by atoms with Crippen molar-refractivity contribution in [3.05, 3.63) is 47.2 Å². The summed E-state index contributed by atoms with van der Waals surface area (Å²) >= 11 is 0. The molecule has 0 radical (unpaired) electrons. The van der Waals surface area contributed by atoms with Gasteiger partial charge in [-0.2, -0.15) is 5.10 Å². The minimum absolute atomic E-state index is 0.0943. The topological polar surface area (TPSA) is 85.9 Å². The molecule has 3 rings (SSSR count). The Hall–Kier alpha value is -3.09. The van der Waals surface area contributed by atoms with Crippen LogP contribution in [-0.2, 0) is 13.5 Å². The second-order valence-electron chi connectivity index (χ2n) is 7.57. The van der Waals surface area contributed by atoms with E-state index in [4.69, 9.17) is 9.47 Å². The van der Waals surface area contributed by atoms with Gasteiger partial charge < -0.3 is 14.6 Å². The SMILES string of the molecule is CC.COc1ccc(CC(/C=N\c2c(C(=O)O)cnn2C)=C\C2CCCCC2)cc1OC. The molecule has 0 bridgehead atoms. The maximum atomic E-state index is 11.5. The number of nitrogens with zero attached hydrogens (tertiary/aromatic N) is 3. The van der Waals surface area contributed by atoms with E-state index in [-0.39, 0.29) is 5.56 Å². The first-order valence-electron chi connectivity index (χ1n) is 11.2. The predicted molar refractivity (Wildman–Crippen MR) is 128 cm³/mol. The van der Waals surface area contributed by atoms with E-state index >= 15 is 0 Å². The van der Waals surface area contributed by atoms with Crippen LogP contribution in [0.1, 0.15) is 61.9 Å². The number of aromatic carboxylic acids is 1. The maximum Gasteiger partial charge on any atom is 0.341 e. The standard InChI is InChI=1S/C23H29N3O4.C2H6/c1-26-22(19(15-25-26)23(27)28)24-14-18(11-16-7-5-4-6-8-16)12-17-9-10-20(29-2)21(13-17)30-3;1-2/h9-11,13-16H,4-8,12H2,1-3H3,(H,27,28);1-2H3/b18-11+,24-14-;. The molecule has 1 aromatic carbocycles. The summed E-state index contributed by atoms with van der Waals surface area (Å²) in [7, 11) is 4.93. The van der Waals surface area contributed by atoms with Gasteiger partial charge in [0.05, 0.1) is 20.4 Å². The summed E-state index contributed by atoms with van der Waals surface area (Å²) < 4.78 is 12.2. The number of carboxylic acid groups (broad SMARTS) is 1. The van der Waals surface area contributed by atoms with E-state index in [1.54, 1.807) is 27.5 Å². The van der Waals surface area contributed by atoms with Gasteiger partial charge in [-0.05, 0) is 48.4 Å². The summed E-state index contributed by atoms with van der Waals surface area (Å²) in [4.78, 5) is 15.9. The quantitative estimate of drug-likeness (QED) is 0.538. The number of carboxylic acids is 1. The van der Waals surface area contributed by atoms with Gasteiger partial charge in [-0.25, -0.2) is 9.79 Å². The lowest BCUT2D eigenvalue weighted by Gasteiger charge is -2.19. The highest BCUT2D eigenvalue weighted by atomic mass is 16.5. The molecule has 1 fully saturated rings. The molecule has 1 aliphatic carbocycles. The zero-order valence-corrected chi connectivity index (χ0v) is 19.8. The number of hydrogen-bond donors (Lipinski definition) is 1. The van der Waals surface area contributed by atoms with Crippen molar-refractivity contribution in [2.75, 3.05) is 14.2 Å². The molecule has 0 saturated heterocycles. The van der Waals surface area contributed by atoms with Crippen molar-refractivity contribution in [1.82, 2.24) is 9.78 Å². The molecular weight excluding hydrogens is 406 g/mol. The Bertz CT molecular complexity index is 941. The van der Waals surface area contributed by atoms with Gasteiger partial charge in [0.2, 0.25) is 0 Å². The van der Waals surface area contributed by atoms with Gasteiger partial charge in [0.15, 0.2) is 17.3 Å². The van der Waals surface area contributed by atoms with Gasteiger partial charge in [-0.3, -0.25) is 4.68 Å². The van der Waals surface area contributed by atoms with Gasteiger partial charge in [-0.1, -0.05) is 45.3 Å². The number of methoxy groups -OCH3 is 2. The van der Waals surface area contributed by atoms with Gasteiger partial charge in [0.1, 0.15) is 5.56 Å². The zero-order chi connectivity index (χ0) is 23.5. The molecule has 7 heteroatoms. The second-order valence-corrected chi connectivity index (χ2v) is 7.57. The molecule has 0 atom stereocenters. The Balaban J connectivity index is 0.00000176. The molecular formula is C25H35N3O4. The fraction of sp³-hybridized carbons (Fsp3) is 0.480. The molecule has 0 unspecified atom stereocenters. The van der Waals surface area contributed by atoms with Crippen LogP contribution in [0.25, 0.3) is 0 Å². The van der Waals surface area contributed by atoms with Gasteiger partial charge >= 0.3 is 5.97 Å². The first kappa shape index (κ1) is 25.2. The third-order valence-electron chi connectivity index (χ3n) is 5.45. The molecule has 1 N–H and O–H groups in total. The monoisotopic (exact) mass is 441 g/mol. The number of ether oxygens (including phenoxy) is 2. The van der Waals surface area contributed by atoms with E-state index in [9.17, 15) is 9.90 Å². The molecule has 7 nitrogen and oxygen atoms in total. The van der Waals surface area contributed by atoms with Crippen molar-refractivity contribution in [2.24, 2.45) is 18.0 Å². The summed E-state index contributed by atoms with van der Waals surface area (Å²) in [5, 5.41) is 13.4. The number of aromatic nitrogens is 2. The van der Waals surface area contributed by atoms with Crippen LogP contribution in [0.15, 0.2) is 41.0 Å². The number of aliphatic imine (C=N–C) groups is 1. The third-order valence-corrected chi connectivity index (χ3v) is 5.45. The van der Waals surface area contributed by atoms with Crippen molar-refractivity contribution >= 4 is 18.0 Å². The van der Waals surface area contributed by atoms with Crippen LogP contribution in [0, 0.1) is 5.92 Å². The summed E-state index contributed by atoms with van der Waals surface area (Å²) in [6.07, 6.45) is 12.2. The van der Waals surface area contributed by atoms with Crippen LogP contribution in [0.2, 0.25) is 0 Å². The molecule has 0 spiro atoms. The minimum atomic E-state index is -1.03. The van der Waals surface area contributed by atoms with E-state index in [2.05, 4.69) is 16.2 Å². The highest BCUT2D eigenvalue weighted by Gasteiger charge is 2.15. The van der Waals surface area contributed by atoms with Gasteiger partial charge in [-0.15, -0.1) is 0 Å². The van der Waals surface area contributed by atoms with Crippen molar-refractivity contribution in [2.45, 2.75) is 52.4 Å². The molecule has 1 saturated carbocycles. The molecule has 1 aliphatic rings. The zero-order valence-electron chi connectivity index (χ0n) is 19.8. The molecule has 0 amide bonds. The van der Waals surface area contributed by atoms with Gasteiger partial charge in [0, 0.05) is 13.3 Å². The Morgan fingerprint density at radius 2 is 1.88 bits per heavy atom. The molecule has 1 aromatic heterocycles. The van der Waals surface area contributed by atoms with Crippen molar-refractivity contribution in [3.8, 4) is 11.5 Å². The van der Waals surface area contributed by atoms with Crippen LogP contribution in [-0.4, -0.2) is 41.3 Å². The second kappa shape index (κ2) is 12.7. The summed E-state index contributed by atoms with van der Waals surface area (Å²) in [5.74, 6) is 1.19. The average molecular weight is 442 g/mol. The fourth-order valence-electron chi connectivity index (χ4n) is 3.86. The van der Waals surface area contributed by atoms with Crippen LogP contribution >= 0.6 is 0 Å². The first-order valence-corrected chi connectivity index (χ1v) is 11.2. The summed E-state index contributed by atoms with van der Waals surface area (Å²) in [6.45, 7) is 4.00. The Labute approximate surface area is 190 Å². The lowest BCUT2D eigenvalue weighted by molar-refractivity contribution is 0.0698. The fourth-order valence-corrected chi connectivity index (χ4v) is 3.86. The molecule has 2 aromatic rings. The van der Waals surface area contributed by atoms with Crippen molar-refractivity contribution in [1.29, 1.82) is 0 Å². The normalized spacial score (nSPS) is 14.7. The molecule has 32 heavy (non-hydrogen) atoms. The Morgan fingerprint density at radius 3 is 2.50 bits per heavy atom. The highest BCUT2D eigenvalue weighted by Crippen LogP contribution is 2.30. The number of rotatable bonds is 8.